The molecule has 0 radical (unpaired) electrons. The van der Waals surface area contributed by atoms with E-state index >= 15 is 0 Å². The van der Waals surface area contributed by atoms with Gasteiger partial charge in [0.2, 0.25) is 5.91 Å². The van der Waals surface area contributed by atoms with Gasteiger partial charge in [0.15, 0.2) is 5.96 Å². The zero-order chi connectivity index (χ0) is 36.7. The number of allylic oxidation sites excluding steroid dienone is 2. The average Bonchev–Trinajstić information content (AvgIpc) is 3.13. The van der Waals surface area contributed by atoms with E-state index in [9.17, 15) is 14.4 Å². The fraction of sp³-hybridized carbons (Fsp3) is 0.385. The third kappa shape index (κ3) is 10.7. The predicted octanol–water partition coefficient (Wildman–Crippen LogP) is 4.64. The summed E-state index contributed by atoms with van der Waals surface area (Å²) in [4.78, 5) is 47.8. The summed E-state index contributed by atoms with van der Waals surface area (Å²) < 4.78 is 6.31. The molecule has 3 aromatic carbocycles. The van der Waals surface area contributed by atoms with Gasteiger partial charge >= 0.3 is 6.09 Å². The van der Waals surface area contributed by atoms with Crippen molar-refractivity contribution in [3.8, 4) is 0 Å². The van der Waals surface area contributed by atoms with Gasteiger partial charge in [0, 0.05) is 37.8 Å². The molecule has 0 spiro atoms. The van der Waals surface area contributed by atoms with E-state index < -0.39 is 23.6 Å². The molecule has 0 aliphatic carbocycles. The SMILES string of the molecule is C/C=C(/OC(=O)N(C)C(C)CNC(=O)[C@H](CCCN=C(N)N)NC(=O)[13c]1[13cH][13cH][13cH][13cH][13cH]1)C(C[C@@H](C)N(C)C)(c1ccccc1)c1ccccc1. The summed E-state index contributed by atoms with van der Waals surface area (Å²) in [6.07, 6.45) is 2.73. The predicted molar refractivity (Wildman–Crippen MR) is 200 cm³/mol. The van der Waals surface area contributed by atoms with E-state index in [0.717, 1.165) is 11.1 Å². The van der Waals surface area contributed by atoms with Crippen molar-refractivity contribution in [2.75, 3.05) is 34.2 Å². The molecule has 0 saturated heterocycles. The van der Waals surface area contributed by atoms with E-state index in [2.05, 4.69) is 51.7 Å². The second-order valence-electron chi connectivity index (χ2n) is 12.7. The van der Waals surface area contributed by atoms with Gasteiger partial charge in [-0.2, -0.15) is 0 Å². The van der Waals surface area contributed by atoms with Crippen LogP contribution in [0.5, 0.6) is 0 Å². The normalized spacial score (nSPS) is 13.5. The lowest BCUT2D eigenvalue weighted by atomic mass is 9.68. The third-order valence-electron chi connectivity index (χ3n) is 9.02. The first-order chi connectivity index (χ1) is 23.9. The highest BCUT2D eigenvalue weighted by molar-refractivity contribution is 5.97. The fourth-order valence-electron chi connectivity index (χ4n) is 5.71. The Hall–Kier alpha value is -5.16. The molecule has 11 nitrogen and oxygen atoms in total. The first kappa shape index (κ1) is 39.3. The highest BCUT2D eigenvalue weighted by atomic mass is 16.6. The number of benzene rings is 3. The molecule has 11 heteroatoms. The zero-order valence-electron chi connectivity index (χ0n) is 30.1. The minimum Gasteiger partial charge on any atom is -0.414 e. The molecule has 1 unspecified atom stereocenters. The third-order valence-corrected chi connectivity index (χ3v) is 9.02. The quantitative estimate of drug-likeness (QED) is 0.0697. The number of carbonyl (C=O) groups is 3. The van der Waals surface area contributed by atoms with Gasteiger partial charge in [-0.1, -0.05) is 78.9 Å². The molecule has 3 amide bonds. The molecule has 50 heavy (non-hydrogen) atoms. The van der Waals surface area contributed by atoms with Crippen molar-refractivity contribution in [3.63, 3.8) is 0 Å². The maximum atomic E-state index is 13.8. The van der Waals surface area contributed by atoms with Gasteiger partial charge in [-0.3, -0.25) is 14.6 Å². The van der Waals surface area contributed by atoms with Crippen molar-refractivity contribution in [2.24, 2.45) is 16.5 Å². The van der Waals surface area contributed by atoms with Crippen LogP contribution in [0.25, 0.3) is 0 Å². The Morgan fingerprint density at radius 1 is 0.860 bits per heavy atom. The Morgan fingerprint density at radius 3 is 1.90 bits per heavy atom. The number of rotatable bonds is 17. The van der Waals surface area contributed by atoms with Crippen molar-refractivity contribution in [2.45, 2.75) is 63.6 Å². The Bertz CT molecular complexity index is 1540. The minimum atomic E-state index is -0.841. The molecule has 3 rings (SSSR count). The topological polar surface area (TPSA) is 155 Å². The zero-order valence-corrected chi connectivity index (χ0v) is 30.1. The van der Waals surface area contributed by atoms with Crippen molar-refractivity contribution < 1.29 is 19.1 Å². The Morgan fingerprint density at radius 2 is 1.40 bits per heavy atom. The molecule has 0 aliphatic rings. The molecule has 0 saturated carbocycles. The summed E-state index contributed by atoms with van der Waals surface area (Å²) in [6.45, 7) is 6.30. The van der Waals surface area contributed by atoms with Crippen LogP contribution < -0.4 is 22.1 Å². The number of nitrogens with zero attached hydrogens (tertiary/aromatic N) is 3. The van der Waals surface area contributed by atoms with Gasteiger partial charge in [-0.05, 0) is 83.5 Å². The second kappa shape index (κ2) is 19.1. The van der Waals surface area contributed by atoms with Crippen LogP contribution in [0.2, 0.25) is 0 Å². The molecule has 3 atom stereocenters. The van der Waals surface area contributed by atoms with Crippen LogP contribution in [0.1, 0.15) is 61.5 Å². The summed E-state index contributed by atoms with van der Waals surface area (Å²) in [5.41, 5.74) is 12.6. The number of nitrogens with one attached hydrogen (secondary N) is 2. The monoisotopic (exact) mass is 689 g/mol. The van der Waals surface area contributed by atoms with Gasteiger partial charge in [0.05, 0.1) is 5.41 Å². The van der Waals surface area contributed by atoms with E-state index in [1.165, 1.54) is 4.90 Å². The van der Waals surface area contributed by atoms with Gasteiger partial charge in [0.25, 0.3) is 5.91 Å². The van der Waals surface area contributed by atoms with Crippen molar-refractivity contribution >= 4 is 23.9 Å². The molecule has 0 aliphatic heterocycles. The molecule has 0 bridgehead atoms. The fourth-order valence-corrected chi connectivity index (χ4v) is 5.71. The van der Waals surface area contributed by atoms with Gasteiger partial charge in [-0.15, -0.1) is 0 Å². The summed E-state index contributed by atoms with van der Waals surface area (Å²) >= 11 is 0. The van der Waals surface area contributed by atoms with Crippen LogP contribution in [-0.4, -0.2) is 86.0 Å². The standard InChI is InChI=1S/C39H53N7O4/c1-7-34(39(26-28(2)45(4)5,31-20-13-9-14-21-31)32-22-15-10-16-23-32)50-38(49)46(6)29(3)27-43-36(48)33(24-17-25-42-37(40)41)44-35(47)30-18-11-8-12-19-30/h7-16,18-23,28-29,33H,17,24-27H2,1-6H3,(H,43,48)(H,44,47)(H4,40,41,42)/b34-7+/t28-,29?,33+/m1/s1/i8+1,11+1,12+1,18+1,19+1,30+1. The molecular weight excluding hydrogens is 636 g/mol. The average molecular weight is 690 g/mol. The number of aliphatic imine (C=N–C) groups is 1. The van der Waals surface area contributed by atoms with Crippen LogP contribution in [0.4, 0.5) is 4.79 Å². The van der Waals surface area contributed by atoms with Crippen molar-refractivity contribution in [1.29, 1.82) is 0 Å². The van der Waals surface area contributed by atoms with E-state index in [4.69, 9.17) is 16.2 Å². The summed E-state index contributed by atoms with van der Waals surface area (Å²) in [5.74, 6) is -0.280. The molecule has 3 aromatic rings. The van der Waals surface area contributed by atoms with Crippen LogP contribution in [0, 0.1) is 0 Å². The second-order valence-corrected chi connectivity index (χ2v) is 12.7. The highest BCUT2D eigenvalue weighted by Gasteiger charge is 2.42. The van der Waals surface area contributed by atoms with E-state index in [-0.39, 0.29) is 30.4 Å². The molecule has 0 fully saturated rings. The summed E-state index contributed by atoms with van der Waals surface area (Å²) in [7, 11) is 5.72. The lowest BCUT2D eigenvalue weighted by molar-refractivity contribution is -0.123. The Kier molecular flexibility index (Phi) is 15.0. The lowest BCUT2D eigenvalue weighted by Gasteiger charge is -2.40. The van der Waals surface area contributed by atoms with Crippen LogP contribution in [-0.2, 0) is 14.9 Å². The highest BCUT2D eigenvalue weighted by Crippen LogP contribution is 2.44. The maximum absolute atomic E-state index is 13.8. The molecule has 6 N–H and O–H groups in total. The number of carbonyl (C=O) groups excluding carboxylic acids is 3. The Balaban J connectivity index is 1.79. The summed E-state index contributed by atoms with van der Waals surface area (Å²) in [6, 6.07) is 27.7. The molecule has 0 aromatic heterocycles. The maximum Gasteiger partial charge on any atom is 0.414 e. The first-order valence-corrected chi connectivity index (χ1v) is 17.0. The number of hydrogen-bond donors (Lipinski definition) is 4. The van der Waals surface area contributed by atoms with E-state index in [0.29, 0.717) is 37.1 Å². The van der Waals surface area contributed by atoms with Gasteiger partial charge in [-0.25, -0.2) is 4.79 Å². The van der Waals surface area contributed by atoms with E-state index in [1.807, 2.05) is 76.5 Å². The first-order valence-electron chi connectivity index (χ1n) is 17.0. The number of likely N-dealkylation sites (N-methyl/N-ethyl adjacent to an activating group) is 1. The number of nitrogens with two attached hydrogens (primary N) is 2. The largest absolute Gasteiger partial charge is 0.414 e. The molecule has 0 heterocycles. The van der Waals surface area contributed by atoms with Gasteiger partial charge < -0.3 is 36.6 Å². The molecular formula is C39H53N7O4. The Labute approximate surface area is 296 Å². The van der Waals surface area contributed by atoms with Gasteiger partial charge in [0.1, 0.15) is 11.8 Å². The lowest BCUT2D eigenvalue weighted by Crippen LogP contribution is -2.50. The van der Waals surface area contributed by atoms with Crippen LogP contribution in [0.3, 0.4) is 0 Å². The summed E-state index contributed by atoms with van der Waals surface area (Å²) in [5, 5.41) is 5.73. The number of hydrogen-bond acceptors (Lipinski definition) is 6. The minimum absolute atomic E-state index is 0.0406. The van der Waals surface area contributed by atoms with Crippen LogP contribution in [0.15, 0.2) is 108 Å². The van der Waals surface area contributed by atoms with E-state index in [1.54, 1.807) is 31.3 Å². The van der Waals surface area contributed by atoms with Crippen molar-refractivity contribution in [1.82, 2.24) is 20.4 Å². The number of ether oxygens (including phenoxy) is 1. The van der Waals surface area contributed by atoms with Crippen LogP contribution >= 0.6 is 0 Å². The number of amides is 3. The smallest absolute Gasteiger partial charge is 0.414 e. The molecule has 268 valence electrons. The van der Waals surface area contributed by atoms with Crippen molar-refractivity contribution in [3.05, 3.63) is 120 Å². The number of guanidine groups is 1.